The molecule has 0 unspecified atom stereocenters. The number of amides is 2. The second kappa shape index (κ2) is 10.3. The molecular weight excluding hydrogens is 375 g/mol. The summed E-state index contributed by atoms with van der Waals surface area (Å²) in [4.78, 5) is 14.0. The van der Waals surface area contributed by atoms with Crippen LogP contribution in [0.15, 0.2) is 18.2 Å². The van der Waals surface area contributed by atoms with Gasteiger partial charge >= 0.3 is 6.03 Å². The topological polar surface area (TPSA) is 79.6 Å². The molecule has 0 aromatic heterocycles. The van der Waals surface area contributed by atoms with Crippen molar-refractivity contribution in [2.24, 2.45) is 11.7 Å². The van der Waals surface area contributed by atoms with Crippen LogP contribution in [0.5, 0.6) is 0 Å². The fourth-order valence-electron chi connectivity index (χ4n) is 3.19. The summed E-state index contributed by atoms with van der Waals surface area (Å²) in [6, 6.07) is 5.58. The second-order valence-electron chi connectivity index (χ2n) is 6.82. The van der Waals surface area contributed by atoms with Crippen LogP contribution < -0.4 is 16.4 Å². The molecule has 0 saturated carbocycles. The van der Waals surface area contributed by atoms with E-state index in [1.807, 2.05) is 6.07 Å². The molecule has 8 heteroatoms. The van der Waals surface area contributed by atoms with Gasteiger partial charge in [-0.05, 0) is 31.0 Å². The number of benzene rings is 1. The van der Waals surface area contributed by atoms with Gasteiger partial charge in [-0.25, -0.2) is 4.79 Å². The lowest BCUT2D eigenvalue weighted by atomic mass is 10.1. The van der Waals surface area contributed by atoms with Gasteiger partial charge < -0.3 is 21.1 Å². The molecule has 146 valence electrons. The van der Waals surface area contributed by atoms with Gasteiger partial charge in [-0.15, -0.1) is 0 Å². The fourth-order valence-corrected chi connectivity index (χ4v) is 3.69. The molecule has 0 aliphatic carbocycles. The quantitative estimate of drug-likeness (QED) is 0.623. The third-order valence-electron chi connectivity index (χ3n) is 4.66. The van der Waals surface area contributed by atoms with Crippen molar-refractivity contribution in [1.29, 1.82) is 0 Å². The van der Waals surface area contributed by atoms with E-state index in [0.29, 0.717) is 35.7 Å². The van der Waals surface area contributed by atoms with Gasteiger partial charge in [0.2, 0.25) is 0 Å². The lowest BCUT2D eigenvalue weighted by Gasteiger charge is -2.26. The molecule has 4 N–H and O–H groups in total. The van der Waals surface area contributed by atoms with Crippen LogP contribution in [-0.2, 0) is 11.3 Å². The summed E-state index contributed by atoms with van der Waals surface area (Å²) in [6.45, 7) is 5.34. The number of carbonyl (C=O) groups is 1. The minimum absolute atomic E-state index is 0.0948. The Morgan fingerprint density at radius 3 is 2.73 bits per heavy atom. The highest BCUT2D eigenvalue weighted by molar-refractivity contribution is 6.35. The number of halogens is 2. The Hall–Kier alpha value is -1.05. The van der Waals surface area contributed by atoms with E-state index in [-0.39, 0.29) is 18.1 Å². The van der Waals surface area contributed by atoms with Crippen molar-refractivity contribution in [1.82, 2.24) is 15.5 Å². The third kappa shape index (κ3) is 5.99. The van der Waals surface area contributed by atoms with Crippen molar-refractivity contribution in [2.75, 3.05) is 33.3 Å². The monoisotopic (exact) mass is 402 g/mol. The molecule has 6 nitrogen and oxygen atoms in total. The van der Waals surface area contributed by atoms with Gasteiger partial charge in [0.25, 0.3) is 0 Å². The van der Waals surface area contributed by atoms with E-state index in [2.05, 4.69) is 22.5 Å². The van der Waals surface area contributed by atoms with Gasteiger partial charge in [-0.1, -0.05) is 36.2 Å². The van der Waals surface area contributed by atoms with E-state index in [4.69, 9.17) is 33.7 Å². The summed E-state index contributed by atoms with van der Waals surface area (Å²) in [7, 11) is 1.62. The highest BCUT2D eigenvalue weighted by Gasteiger charge is 2.33. The van der Waals surface area contributed by atoms with Crippen molar-refractivity contribution < 1.29 is 9.53 Å². The number of nitrogens with one attached hydrogen (secondary N) is 2. The van der Waals surface area contributed by atoms with Crippen LogP contribution in [0.3, 0.4) is 0 Å². The lowest BCUT2D eigenvalue weighted by Crippen LogP contribution is -2.42. The summed E-state index contributed by atoms with van der Waals surface area (Å²) in [5.41, 5.74) is 6.58. The predicted molar refractivity (Wildman–Crippen MR) is 106 cm³/mol. The fraction of sp³-hybridized carbons (Fsp3) is 0.611. The van der Waals surface area contributed by atoms with Crippen LogP contribution in [0.1, 0.15) is 18.9 Å². The molecule has 0 spiro atoms. The number of nitrogens with two attached hydrogens (primary N) is 1. The molecular formula is C18H28Cl2N4O2. The Kier molecular flexibility index (Phi) is 8.44. The van der Waals surface area contributed by atoms with Crippen molar-refractivity contribution in [3.8, 4) is 0 Å². The summed E-state index contributed by atoms with van der Waals surface area (Å²) in [6.07, 6.45) is 0.834. The maximum atomic E-state index is 11.6. The Morgan fingerprint density at radius 1 is 1.42 bits per heavy atom. The molecule has 1 fully saturated rings. The SMILES string of the molecule is CNC(=O)N[C@@H]1C[C@H](COCc2c(Cl)cccc2Cl)N(C[C@@H](C)CN)C1. The van der Waals surface area contributed by atoms with E-state index in [1.165, 1.54) is 0 Å². The number of rotatable bonds is 8. The van der Waals surface area contributed by atoms with E-state index in [1.54, 1.807) is 19.2 Å². The summed E-state index contributed by atoms with van der Waals surface area (Å²) < 4.78 is 5.92. The minimum atomic E-state index is -0.161. The maximum Gasteiger partial charge on any atom is 0.314 e. The third-order valence-corrected chi connectivity index (χ3v) is 5.37. The standard InChI is InChI=1S/C18H28Cl2N4O2/c1-12(7-21)8-24-9-13(23-18(25)22-2)6-14(24)10-26-11-15-16(19)4-3-5-17(15)20/h3-5,12-14H,6-11,21H2,1-2H3,(H2,22,23,25)/t12-,13+,14+/m0/s1. The van der Waals surface area contributed by atoms with Gasteiger partial charge in [0, 0.05) is 47.8 Å². The Bertz CT molecular complexity index is 582. The lowest BCUT2D eigenvalue weighted by molar-refractivity contribution is 0.0627. The maximum absolute atomic E-state index is 11.6. The van der Waals surface area contributed by atoms with Gasteiger partial charge in [0.15, 0.2) is 0 Å². The van der Waals surface area contributed by atoms with Crippen LogP contribution in [-0.4, -0.2) is 56.3 Å². The first-order valence-electron chi connectivity index (χ1n) is 8.87. The number of carbonyl (C=O) groups excluding carboxylic acids is 1. The van der Waals surface area contributed by atoms with Crippen molar-refractivity contribution in [3.63, 3.8) is 0 Å². The Labute approximate surface area is 165 Å². The van der Waals surface area contributed by atoms with Gasteiger partial charge in [0.1, 0.15) is 0 Å². The first-order valence-corrected chi connectivity index (χ1v) is 9.63. The molecule has 0 bridgehead atoms. The number of likely N-dealkylation sites (tertiary alicyclic amines) is 1. The predicted octanol–water partition coefficient (Wildman–Crippen LogP) is 2.48. The van der Waals surface area contributed by atoms with Crippen molar-refractivity contribution >= 4 is 29.2 Å². The molecule has 1 aromatic rings. The number of hydrogen-bond donors (Lipinski definition) is 3. The number of ether oxygens (including phenoxy) is 1. The van der Waals surface area contributed by atoms with Crippen LogP contribution >= 0.6 is 23.2 Å². The zero-order valence-corrected chi connectivity index (χ0v) is 16.8. The molecule has 1 saturated heterocycles. The summed E-state index contributed by atoms with van der Waals surface area (Å²) in [5.74, 6) is 0.384. The van der Waals surface area contributed by atoms with E-state index >= 15 is 0 Å². The second-order valence-corrected chi connectivity index (χ2v) is 7.63. The van der Waals surface area contributed by atoms with Gasteiger partial charge in [-0.3, -0.25) is 4.90 Å². The summed E-state index contributed by atoms with van der Waals surface area (Å²) in [5, 5.41) is 6.80. The normalized spacial score (nSPS) is 21.6. The average molecular weight is 403 g/mol. The van der Waals surface area contributed by atoms with Crippen LogP contribution in [0.4, 0.5) is 4.79 Å². The van der Waals surface area contributed by atoms with E-state index in [0.717, 1.165) is 25.1 Å². The van der Waals surface area contributed by atoms with Gasteiger partial charge in [0.05, 0.1) is 13.2 Å². The minimum Gasteiger partial charge on any atom is -0.375 e. The smallest absolute Gasteiger partial charge is 0.314 e. The molecule has 0 radical (unpaired) electrons. The van der Waals surface area contributed by atoms with Crippen molar-refractivity contribution in [3.05, 3.63) is 33.8 Å². The first kappa shape index (κ1) is 21.3. The average Bonchev–Trinajstić information content (AvgIpc) is 2.98. The van der Waals surface area contributed by atoms with Crippen molar-refractivity contribution in [2.45, 2.75) is 32.0 Å². The summed E-state index contributed by atoms with van der Waals surface area (Å²) >= 11 is 12.4. The molecule has 1 aliphatic rings. The largest absolute Gasteiger partial charge is 0.375 e. The molecule has 1 aromatic carbocycles. The number of nitrogens with zero attached hydrogens (tertiary/aromatic N) is 1. The molecule has 1 aliphatic heterocycles. The zero-order valence-electron chi connectivity index (χ0n) is 15.3. The molecule has 1 heterocycles. The highest BCUT2D eigenvalue weighted by Crippen LogP contribution is 2.26. The van der Waals surface area contributed by atoms with Crippen LogP contribution in [0.2, 0.25) is 10.0 Å². The van der Waals surface area contributed by atoms with Crippen LogP contribution in [0, 0.1) is 5.92 Å². The number of hydrogen-bond acceptors (Lipinski definition) is 4. The molecule has 3 atom stereocenters. The molecule has 2 rings (SSSR count). The Balaban J connectivity index is 1.93. The first-order chi connectivity index (χ1) is 12.4. The van der Waals surface area contributed by atoms with E-state index in [9.17, 15) is 4.79 Å². The van der Waals surface area contributed by atoms with Gasteiger partial charge in [-0.2, -0.15) is 0 Å². The Morgan fingerprint density at radius 2 is 2.12 bits per heavy atom. The van der Waals surface area contributed by atoms with E-state index < -0.39 is 0 Å². The zero-order chi connectivity index (χ0) is 19.1. The number of urea groups is 1. The van der Waals surface area contributed by atoms with Crippen LogP contribution in [0.25, 0.3) is 0 Å². The molecule has 2 amide bonds. The highest BCUT2D eigenvalue weighted by atomic mass is 35.5. The molecule has 26 heavy (non-hydrogen) atoms.